The van der Waals surface area contributed by atoms with Crippen molar-refractivity contribution in [3.8, 4) is 11.4 Å². The zero-order valence-electron chi connectivity index (χ0n) is 18.6. The average Bonchev–Trinajstić information content (AvgIpc) is 3.47. The predicted octanol–water partition coefficient (Wildman–Crippen LogP) is 5.32. The molecule has 33 heavy (non-hydrogen) atoms. The predicted molar refractivity (Wildman–Crippen MR) is 130 cm³/mol. The molecule has 8 heteroatoms. The maximum Gasteiger partial charge on any atom is 0.230 e. The molecule has 0 aliphatic carbocycles. The minimum Gasteiger partial charge on any atom is -0.346 e. The number of aromatic nitrogens is 4. The molecule has 0 radical (unpaired) electrons. The standard InChI is InChI=1S/C25H26BrN5O2/c1-17(32)21-16-31(23-20(21)6-2-7-22(23)26)12-4-11-30-13-8-18(9-14-30)25-28-24(29-33-25)19-5-3-10-27-15-19/h2-3,5-7,10,15-16,18H,4,8-9,11-14H2,1H3. The summed E-state index contributed by atoms with van der Waals surface area (Å²) in [5.74, 6) is 1.75. The van der Waals surface area contributed by atoms with Crippen LogP contribution >= 0.6 is 15.9 Å². The van der Waals surface area contributed by atoms with Crippen LogP contribution in [0.5, 0.6) is 0 Å². The van der Waals surface area contributed by atoms with Crippen LogP contribution in [-0.4, -0.2) is 50.0 Å². The molecule has 1 fully saturated rings. The molecule has 0 spiro atoms. The first-order valence-corrected chi connectivity index (χ1v) is 12.1. The Balaban J connectivity index is 1.16. The number of likely N-dealkylation sites (tertiary alicyclic amines) is 1. The molecule has 3 aromatic heterocycles. The second-order valence-electron chi connectivity index (χ2n) is 8.60. The Morgan fingerprint density at radius 2 is 2.03 bits per heavy atom. The molecule has 4 aromatic rings. The average molecular weight is 508 g/mol. The van der Waals surface area contributed by atoms with Crippen molar-refractivity contribution in [2.45, 2.75) is 38.6 Å². The number of fused-ring (bicyclic) bond motifs is 1. The summed E-state index contributed by atoms with van der Waals surface area (Å²) in [5.41, 5.74) is 2.77. The topological polar surface area (TPSA) is 77.1 Å². The molecule has 0 amide bonds. The molecule has 1 aliphatic rings. The zero-order valence-corrected chi connectivity index (χ0v) is 20.2. The third-order valence-electron chi connectivity index (χ3n) is 6.40. The molecule has 170 valence electrons. The van der Waals surface area contributed by atoms with Crippen LogP contribution < -0.4 is 0 Å². The SMILES string of the molecule is CC(=O)c1cn(CCCN2CCC(c3nc(-c4cccnc4)no3)CC2)c2c(Br)cccc12. The number of carbonyl (C=O) groups is 1. The Morgan fingerprint density at radius 3 is 2.79 bits per heavy atom. The maximum atomic E-state index is 12.1. The minimum absolute atomic E-state index is 0.103. The molecule has 0 bridgehead atoms. The van der Waals surface area contributed by atoms with Gasteiger partial charge in [-0.25, -0.2) is 0 Å². The number of nitrogens with zero attached hydrogens (tertiary/aromatic N) is 5. The highest BCUT2D eigenvalue weighted by Gasteiger charge is 2.25. The van der Waals surface area contributed by atoms with Gasteiger partial charge in [-0.3, -0.25) is 9.78 Å². The van der Waals surface area contributed by atoms with Crippen LogP contribution in [0.25, 0.3) is 22.3 Å². The van der Waals surface area contributed by atoms with E-state index in [0.717, 1.165) is 77.8 Å². The van der Waals surface area contributed by atoms with Crippen molar-refractivity contribution in [1.29, 1.82) is 0 Å². The van der Waals surface area contributed by atoms with E-state index in [1.807, 2.05) is 36.5 Å². The van der Waals surface area contributed by atoms with Gasteiger partial charge in [-0.05, 0) is 79.9 Å². The summed E-state index contributed by atoms with van der Waals surface area (Å²) in [6.07, 6.45) is 8.55. The number of rotatable bonds is 7. The summed E-state index contributed by atoms with van der Waals surface area (Å²) in [6.45, 7) is 5.57. The van der Waals surface area contributed by atoms with E-state index >= 15 is 0 Å². The van der Waals surface area contributed by atoms with Crippen molar-refractivity contribution in [2.24, 2.45) is 0 Å². The van der Waals surface area contributed by atoms with Crippen LogP contribution in [0.2, 0.25) is 0 Å². The molecule has 0 unspecified atom stereocenters. The lowest BCUT2D eigenvalue weighted by atomic mass is 9.96. The number of hydrogen-bond acceptors (Lipinski definition) is 6. The van der Waals surface area contributed by atoms with E-state index < -0.39 is 0 Å². The summed E-state index contributed by atoms with van der Waals surface area (Å²) >= 11 is 3.66. The summed E-state index contributed by atoms with van der Waals surface area (Å²) < 4.78 is 8.80. The third-order valence-corrected chi connectivity index (χ3v) is 7.04. The highest BCUT2D eigenvalue weighted by Crippen LogP contribution is 2.30. The van der Waals surface area contributed by atoms with Gasteiger partial charge in [-0.15, -0.1) is 0 Å². The number of hydrogen-bond donors (Lipinski definition) is 0. The zero-order chi connectivity index (χ0) is 22.8. The summed E-state index contributed by atoms with van der Waals surface area (Å²) in [7, 11) is 0. The molecule has 4 heterocycles. The number of benzene rings is 1. The van der Waals surface area contributed by atoms with Crippen molar-refractivity contribution in [2.75, 3.05) is 19.6 Å². The fourth-order valence-corrected chi connectivity index (χ4v) is 5.25. The molecular formula is C25H26BrN5O2. The van der Waals surface area contributed by atoms with Gasteiger partial charge in [0.2, 0.25) is 11.7 Å². The van der Waals surface area contributed by atoms with E-state index in [0.29, 0.717) is 11.7 Å². The Bertz CT molecular complexity index is 1260. The Labute approximate surface area is 200 Å². The van der Waals surface area contributed by atoms with E-state index in [-0.39, 0.29) is 5.78 Å². The lowest BCUT2D eigenvalue weighted by molar-refractivity contribution is 0.101. The fraction of sp³-hybridized carbons (Fsp3) is 0.360. The molecular weight excluding hydrogens is 482 g/mol. The van der Waals surface area contributed by atoms with Crippen molar-refractivity contribution < 1.29 is 9.32 Å². The Hall–Kier alpha value is -2.84. The van der Waals surface area contributed by atoms with Crippen LogP contribution in [0, 0.1) is 0 Å². The first-order chi connectivity index (χ1) is 16.1. The van der Waals surface area contributed by atoms with Gasteiger partial charge in [-0.1, -0.05) is 17.3 Å². The van der Waals surface area contributed by atoms with Gasteiger partial charge in [0.15, 0.2) is 5.78 Å². The van der Waals surface area contributed by atoms with Gasteiger partial charge in [0.05, 0.1) is 5.52 Å². The second kappa shape index (κ2) is 9.57. The molecule has 1 aliphatic heterocycles. The van der Waals surface area contributed by atoms with Crippen LogP contribution in [0.15, 0.2) is 57.9 Å². The molecule has 5 rings (SSSR count). The van der Waals surface area contributed by atoms with Gasteiger partial charge < -0.3 is 14.0 Å². The van der Waals surface area contributed by atoms with Gasteiger partial charge in [-0.2, -0.15) is 4.98 Å². The van der Waals surface area contributed by atoms with Crippen molar-refractivity contribution in [3.05, 3.63) is 64.8 Å². The van der Waals surface area contributed by atoms with Gasteiger partial charge in [0.25, 0.3) is 0 Å². The lowest BCUT2D eigenvalue weighted by Crippen LogP contribution is -2.34. The van der Waals surface area contributed by atoms with Crippen molar-refractivity contribution in [3.63, 3.8) is 0 Å². The van der Waals surface area contributed by atoms with Crippen LogP contribution in [0.1, 0.15) is 48.4 Å². The highest BCUT2D eigenvalue weighted by atomic mass is 79.9. The van der Waals surface area contributed by atoms with E-state index in [2.05, 4.69) is 40.5 Å². The summed E-state index contributed by atoms with van der Waals surface area (Å²) in [4.78, 5) is 23.3. The van der Waals surface area contributed by atoms with E-state index in [4.69, 9.17) is 4.52 Å². The number of pyridine rings is 1. The van der Waals surface area contributed by atoms with E-state index in [9.17, 15) is 4.79 Å². The maximum absolute atomic E-state index is 12.1. The quantitative estimate of drug-likeness (QED) is 0.315. The fourth-order valence-electron chi connectivity index (χ4n) is 4.65. The Morgan fingerprint density at radius 1 is 1.18 bits per heavy atom. The smallest absolute Gasteiger partial charge is 0.230 e. The lowest BCUT2D eigenvalue weighted by Gasteiger charge is -2.30. The molecule has 1 aromatic carbocycles. The largest absolute Gasteiger partial charge is 0.346 e. The number of para-hydroxylation sites is 1. The third kappa shape index (κ3) is 4.63. The number of aryl methyl sites for hydroxylation is 1. The molecule has 0 atom stereocenters. The highest BCUT2D eigenvalue weighted by molar-refractivity contribution is 9.10. The van der Waals surface area contributed by atoms with Gasteiger partial charge in [0.1, 0.15) is 0 Å². The second-order valence-corrected chi connectivity index (χ2v) is 9.45. The van der Waals surface area contributed by atoms with Crippen LogP contribution in [-0.2, 0) is 6.54 Å². The number of halogens is 1. The minimum atomic E-state index is 0.103. The van der Waals surface area contributed by atoms with Crippen LogP contribution in [0.4, 0.5) is 0 Å². The number of carbonyl (C=O) groups excluding carboxylic acids is 1. The number of ketones is 1. The Kier molecular flexibility index (Phi) is 6.37. The molecule has 0 N–H and O–H groups in total. The van der Waals surface area contributed by atoms with E-state index in [1.54, 1.807) is 19.3 Å². The van der Waals surface area contributed by atoms with Crippen LogP contribution in [0.3, 0.4) is 0 Å². The number of piperidine rings is 1. The molecule has 1 saturated heterocycles. The molecule has 0 saturated carbocycles. The van der Waals surface area contributed by atoms with E-state index in [1.165, 1.54) is 0 Å². The van der Waals surface area contributed by atoms with Crippen molar-refractivity contribution in [1.82, 2.24) is 24.6 Å². The van der Waals surface area contributed by atoms with Gasteiger partial charge in [0, 0.05) is 52.0 Å². The number of Topliss-reactive ketones (excluding diaryl/α,β-unsaturated/α-hetero) is 1. The summed E-state index contributed by atoms with van der Waals surface area (Å²) in [5, 5.41) is 5.16. The molecule has 7 nitrogen and oxygen atoms in total. The normalized spacial score (nSPS) is 15.3. The monoisotopic (exact) mass is 507 g/mol. The van der Waals surface area contributed by atoms with Gasteiger partial charge >= 0.3 is 0 Å². The van der Waals surface area contributed by atoms with Crippen molar-refractivity contribution >= 4 is 32.6 Å². The first kappa shape index (κ1) is 22.0. The first-order valence-electron chi connectivity index (χ1n) is 11.3. The summed E-state index contributed by atoms with van der Waals surface area (Å²) in [6, 6.07) is 9.85.